The van der Waals surface area contributed by atoms with Gasteiger partial charge in [0.25, 0.3) is 11.1 Å². The van der Waals surface area contributed by atoms with Gasteiger partial charge < -0.3 is 0 Å². The van der Waals surface area contributed by atoms with E-state index >= 15 is 0 Å². The van der Waals surface area contributed by atoms with Gasteiger partial charge in [0.2, 0.25) is 0 Å². The van der Waals surface area contributed by atoms with Gasteiger partial charge in [0.05, 0.1) is 0 Å². The number of ketones is 1. The normalized spacial score (nSPS) is 10.6. The second-order valence-electron chi connectivity index (χ2n) is 4.49. The van der Waals surface area contributed by atoms with Gasteiger partial charge >= 0.3 is 0 Å². The van der Waals surface area contributed by atoms with E-state index in [2.05, 4.69) is 21.0 Å². The molecule has 0 fully saturated rings. The first-order chi connectivity index (χ1) is 9.41. The van der Waals surface area contributed by atoms with Gasteiger partial charge in [-0.25, -0.2) is 4.68 Å². The van der Waals surface area contributed by atoms with Crippen LogP contribution in [0.3, 0.4) is 0 Å². The number of hydrogen-bond donors (Lipinski definition) is 1. The zero-order valence-electron chi connectivity index (χ0n) is 11.1. The highest BCUT2D eigenvalue weighted by Gasteiger charge is 2.13. The van der Waals surface area contributed by atoms with E-state index in [-0.39, 0.29) is 23.4 Å². The number of hydrogen-bond acceptors (Lipinski definition) is 3. The van der Waals surface area contributed by atoms with Crippen molar-refractivity contribution < 1.29 is 4.79 Å². The second kappa shape index (κ2) is 5.58. The van der Waals surface area contributed by atoms with Crippen LogP contribution in [0, 0.1) is 13.8 Å². The van der Waals surface area contributed by atoms with Gasteiger partial charge in [-0.05, 0) is 19.9 Å². The fraction of sp³-hybridized carbons (Fsp3) is 0.214. The minimum absolute atomic E-state index is 0.197. The first kappa shape index (κ1) is 14.5. The molecule has 104 valence electrons. The van der Waals surface area contributed by atoms with Crippen LogP contribution in [-0.2, 0) is 6.54 Å². The van der Waals surface area contributed by atoms with Crippen molar-refractivity contribution in [1.82, 2.24) is 9.78 Å². The second-order valence-corrected chi connectivity index (χ2v) is 5.34. The van der Waals surface area contributed by atoms with Gasteiger partial charge in [0.15, 0.2) is 5.78 Å². The predicted molar refractivity (Wildman–Crippen MR) is 79.3 cm³/mol. The van der Waals surface area contributed by atoms with Crippen molar-refractivity contribution in [3.05, 3.63) is 66.1 Å². The molecule has 0 saturated heterocycles. The number of aromatic nitrogens is 2. The summed E-state index contributed by atoms with van der Waals surface area (Å²) in [5.74, 6) is -0.251. The summed E-state index contributed by atoms with van der Waals surface area (Å²) in [5.41, 5.74) is 0.483. The number of nitrogens with zero attached hydrogens (tertiary/aromatic N) is 1. The summed E-state index contributed by atoms with van der Waals surface area (Å²) >= 11 is 3.29. The van der Waals surface area contributed by atoms with Crippen LogP contribution in [0.15, 0.2) is 38.3 Å². The fourth-order valence-corrected chi connectivity index (χ4v) is 2.32. The highest BCUT2D eigenvalue weighted by Crippen LogP contribution is 2.16. The van der Waals surface area contributed by atoms with Gasteiger partial charge in [0, 0.05) is 21.2 Å². The van der Waals surface area contributed by atoms with Gasteiger partial charge in [0.1, 0.15) is 6.54 Å². The minimum Gasteiger partial charge on any atom is -0.292 e. The van der Waals surface area contributed by atoms with E-state index in [0.29, 0.717) is 21.2 Å². The number of carbonyl (C=O) groups is 1. The van der Waals surface area contributed by atoms with Crippen molar-refractivity contribution in [2.45, 2.75) is 20.4 Å². The molecule has 1 N–H and O–H groups in total. The van der Waals surface area contributed by atoms with E-state index in [1.165, 1.54) is 0 Å². The third-order valence-corrected chi connectivity index (χ3v) is 3.87. The number of carbonyl (C=O) groups excluding carboxylic acids is 1. The first-order valence-corrected chi connectivity index (χ1v) is 6.79. The van der Waals surface area contributed by atoms with E-state index in [0.717, 1.165) is 4.68 Å². The van der Waals surface area contributed by atoms with Crippen molar-refractivity contribution in [3.63, 3.8) is 0 Å². The van der Waals surface area contributed by atoms with Crippen LogP contribution in [0.4, 0.5) is 0 Å². The summed E-state index contributed by atoms with van der Waals surface area (Å²) in [6, 6.07) is 6.95. The molecular formula is C14H13BrN2O3. The highest BCUT2D eigenvalue weighted by atomic mass is 79.9. The van der Waals surface area contributed by atoms with Gasteiger partial charge in [-0.2, -0.15) is 0 Å². The first-order valence-electron chi connectivity index (χ1n) is 6.00. The molecule has 2 aromatic rings. The predicted octanol–water partition coefficient (Wildman–Crippen LogP) is 1.80. The van der Waals surface area contributed by atoms with Crippen LogP contribution >= 0.6 is 15.9 Å². The molecule has 0 spiro atoms. The van der Waals surface area contributed by atoms with Gasteiger partial charge in [-0.1, -0.05) is 34.1 Å². The number of H-pyrrole nitrogens is 1. The number of aromatic amines is 1. The van der Waals surface area contributed by atoms with E-state index < -0.39 is 0 Å². The highest BCUT2D eigenvalue weighted by molar-refractivity contribution is 9.10. The lowest BCUT2D eigenvalue weighted by Crippen LogP contribution is -2.35. The molecule has 1 aromatic carbocycles. The zero-order chi connectivity index (χ0) is 14.9. The van der Waals surface area contributed by atoms with E-state index in [9.17, 15) is 14.4 Å². The Morgan fingerprint density at radius 3 is 2.50 bits per heavy atom. The van der Waals surface area contributed by atoms with Crippen molar-refractivity contribution in [2.75, 3.05) is 0 Å². The summed E-state index contributed by atoms with van der Waals surface area (Å²) in [7, 11) is 0. The largest absolute Gasteiger partial charge is 0.292 e. The molecular weight excluding hydrogens is 324 g/mol. The standard InChI is InChI=1S/C14H13BrN2O3/c1-8-9(2)14(20)17(16-13(8)19)7-12(18)10-5-3-4-6-11(10)15/h3-6H,7H2,1-2H3,(H,16,19). The Balaban J connectivity index is 2.42. The Kier molecular flexibility index (Phi) is 4.04. The Morgan fingerprint density at radius 1 is 1.20 bits per heavy atom. The Morgan fingerprint density at radius 2 is 1.85 bits per heavy atom. The molecule has 0 aliphatic carbocycles. The van der Waals surface area contributed by atoms with Crippen LogP contribution in [0.25, 0.3) is 0 Å². The SMILES string of the molecule is Cc1c(C)c(=O)n(CC(=O)c2ccccc2Br)[nH]c1=O. The molecule has 0 aliphatic rings. The molecule has 20 heavy (non-hydrogen) atoms. The summed E-state index contributed by atoms with van der Waals surface area (Å²) in [5, 5.41) is 2.42. The Hall–Kier alpha value is -1.95. The monoisotopic (exact) mass is 336 g/mol. The third kappa shape index (κ3) is 2.65. The molecule has 5 nitrogen and oxygen atoms in total. The van der Waals surface area contributed by atoms with Crippen LogP contribution in [0.5, 0.6) is 0 Å². The molecule has 2 rings (SSSR count). The van der Waals surface area contributed by atoms with Crippen LogP contribution in [-0.4, -0.2) is 15.6 Å². The average molecular weight is 337 g/mol. The quantitative estimate of drug-likeness (QED) is 0.868. The number of rotatable bonds is 3. The van der Waals surface area contributed by atoms with Crippen molar-refractivity contribution in [1.29, 1.82) is 0 Å². The number of nitrogens with one attached hydrogen (secondary N) is 1. The number of benzene rings is 1. The maximum absolute atomic E-state index is 12.2. The molecule has 1 heterocycles. The zero-order valence-corrected chi connectivity index (χ0v) is 12.7. The van der Waals surface area contributed by atoms with Crippen molar-refractivity contribution in [3.8, 4) is 0 Å². The summed E-state index contributed by atoms with van der Waals surface area (Å²) in [4.78, 5) is 35.9. The number of Topliss-reactive ketones (excluding diaryl/α,β-unsaturated/α-hetero) is 1. The fourth-order valence-electron chi connectivity index (χ4n) is 1.82. The maximum atomic E-state index is 12.2. The van der Waals surface area contributed by atoms with E-state index in [1.54, 1.807) is 38.1 Å². The molecule has 0 atom stereocenters. The molecule has 0 amide bonds. The third-order valence-electron chi connectivity index (χ3n) is 3.18. The van der Waals surface area contributed by atoms with Crippen molar-refractivity contribution in [2.24, 2.45) is 0 Å². The van der Waals surface area contributed by atoms with Gasteiger partial charge in [-0.15, -0.1) is 0 Å². The van der Waals surface area contributed by atoms with E-state index in [4.69, 9.17) is 0 Å². The lowest BCUT2D eigenvalue weighted by molar-refractivity contribution is 0.0964. The molecule has 0 radical (unpaired) electrons. The Labute approximate surface area is 123 Å². The molecule has 1 aromatic heterocycles. The van der Waals surface area contributed by atoms with Crippen LogP contribution in [0.1, 0.15) is 21.5 Å². The maximum Gasteiger partial charge on any atom is 0.268 e. The Bertz CT molecular complexity index is 790. The van der Waals surface area contributed by atoms with E-state index in [1.807, 2.05) is 0 Å². The minimum atomic E-state index is -0.359. The molecule has 0 bridgehead atoms. The summed E-state index contributed by atoms with van der Waals surface area (Å²) in [6.45, 7) is 2.96. The number of halogens is 1. The van der Waals surface area contributed by atoms with Gasteiger partial charge in [-0.3, -0.25) is 19.5 Å². The van der Waals surface area contributed by atoms with Crippen LogP contribution < -0.4 is 11.1 Å². The smallest absolute Gasteiger partial charge is 0.268 e. The molecule has 0 saturated carbocycles. The molecule has 0 unspecified atom stereocenters. The summed E-state index contributed by atoms with van der Waals surface area (Å²) < 4.78 is 1.70. The topological polar surface area (TPSA) is 71.9 Å². The van der Waals surface area contributed by atoms with Crippen LogP contribution in [0.2, 0.25) is 0 Å². The lowest BCUT2D eigenvalue weighted by Gasteiger charge is -2.08. The molecule has 0 aliphatic heterocycles. The average Bonchev–Trinajstić information content (AvgIpc) is 2.42. The van der Waals surface area contributed by atoms with Crippen molar-refractivity contribution >= 4 is 21.7 Å². The summed E-state index contributed by atoms with van der Waals surface area (Å²) in [6.07, 6.45) is 0. The molecule has 6 heteroatoms. The lowest BCUT2D eigenvalue weighted by atomic mass is 10.1.